The zero-order valence-electron chi connectivity index (χ0n) is 15.0. The minimum Gasteiger partial charge on any atom is -0.289 e. The highest BCUT2D eigenvalue weighted by Crippen LogP contribution is 2.33. The number of carbonyl (C=O) groups excluding carboxylic acids is 1. The lowest BCUT2D eigenvalue weighted by atomic mass is 9.89. The van der Waals surface area contributed by atoms with Crippen LogP contribution in [-0.4, -0.2) is 5.78 Å². The Morgan fingerprint density at radius 1 is 0.643 bits per heavy atom. The molecule has 1 nitrogen and oxygen atoms in total. The molecule has 4 aromatic carbocycles. The first kappa shape index (κ1) is 18.5. The standard InChI is InChI=1S/C25H16Cl2O/c1-3-15-17-7-5-9-23(26)19(17)11-13-21(15)25(28)22-14-12-20-18(16(22)4-2)8-6-10-24(20)27/h3-14H,1-2H2. The number of hydrogen-bond donors (Lipinski definition) is 0. The van der Waals surface area contributed by atoms with Crippen molar-refractivity contribution in [3.05, 3.63) is 106 Å². The summed E-state index contributed by atoms with van der Waals surface area (Å²) in [6.07, 6.45) is 3.41. The maximum atomic E-state index is 13.5. The number of hydrogen-bond acceptors (Lipinski definition) is 1. The molecule has 28 heavy (non-hydrogen) atoms. The van der Waals surface area contributed by atoms with Crippen LogP contribution in [0.2, 0.25) is 10.0 Å². The Morgan fingerprint density at radius 3 is 1.46 bits per heavy atom. The maximum Gasteiger partial charge on any atom is 0.194 e. The Bertz CT molecular complexity index is 1190. The Balaban J connectivity index is 1.98. The lowest BCUT2D eigenvalue weighted by Gasteiger charge is -2.14. The molecule has 4 rings (SSSR count). The molecule has 0 aliphatic heterocycles. The molecule has 0 aromatic heterocycles. The van der Waals surface area contributed by atoms with Crippen LogP contribution in [0, 0.1) is 0 Å². The number of carbonyl (C=O) groups is 1. The van der Waals surface area contributed by atoms with Gasteiger partial charge in [0.05, 0.1) is 0 Å². The largest absolute Gasteiger partial charge is 0.289 e. The van der Waals surface area contributed by atoms with Crippen molar-refractivity contribution in [3.8, 4) is 0 Å². The van der Waals surface area contributed by atoms with Crippen LogP contribution in [-0.2, 0) is 0 Å². The summed E-state index contributed by atoms with van der Waals surface area (Å²) < 4.78 is 0. The first-order chi connectivity index (χ1) is 13.6. The van der Waals surface area contributed by atoms with Crippen LogP contribution in [0.4, 0.5) is 0 Å². The monoisotopic (exact) mass is 402 g/mol. The van der Waals surface area contributed by atoms with Gasteiger partial charge in [-0.25, -0.2) is 0 Å². The highest BCUT2D eigenvalue weighted by atomic mass is 35.5. The van der Waals surface area contributed by atoms with Gasteiger partial charge in [-0.1, -0.05) is 84.9 Å². The van der Waals surface area contributed by atoms with Crippen molar-refractivity contribution in [3.63, 3.8) is 0 Å². The van der Waals surface area contributed by atoms with Crippen molar-refractivity contribution in [1.82, 2.24) is 0 Å². The van der Waals surface area contributed by atoms with Gasteiger partial charge >= 0.3 is 0 Å². The van der Waals surface area contributed by atoms with E-state index in [0.29, 0.717) is 21.2 Å². The van der Waals surface area contributed by atoms with Crippen molar-refractivity contribution < 1.29 is 4.79 Å². The average Bonchev–Trinajstić information content (AvgIpc) is 2.72. The van der Waals surface area contributed by atoms with Crippen LogP contribution in [0.25, 0.3) is 33.7 Å². The van der Waals surface area contributed by atoms with E-state index in [-0.39, 0.29) is 5.78 Å². The van der Waals surface area contributed by atoms with Crippen LogP contribution in [0.15, 0.2) is 73.8 Å². The molecule has 0 unspecified atom stereocenters. The number of ketones is 1. The van der Waals surface area contributed by atoms with Gasteiger partial charge in [0.25, 0.3) is 0 Å². The lowest BCUT2D eigenvalue weighted by molar-refractivity contribution is 0.103. The van der Waals surface area contributed by atoms with Crippen molar-refractivity contribution in [1.29, 1.82) is 0 Å². The Morgan fingerprint density at radius 2 is 1.07 bits per heavy atom. The third-order valence-electron chi connectivity index (χ3n) is 5.00. The first-order valence-corrected chi connectivity index (χ1v) is 9.54. The molecule has 4 aromatic rings. The first-order valence-electron chi connectivity index (χ1n) is 8.79. The van der Waals surface area contributed by atoms with Crippen molar-refractivity contribution >= 4 is 62.7 Å². The summed E-state index contributed by atoms with van der Waals surface area (Å²) in [6.45, 7) is 7.84. The highest BCUT2D eigenvalue weighted by molar-refractivity contribution is 6.36. The molecule has 0 atom stereocenters. The molecule has 0 radical (unpaired) electrons. The molecule has 3 heteroatoms. The summed E-state index contributed by atoms with van der Waals surface area (Å²) >= 11 is 12.6. The second kappa shape index (κ2) is 7.27. The van der Waals surface area contributed by atoms with E-state index in [4.69, 9.17) is 23.2 Å². The normalized spacial score (nSPS) is 10.9. The van der Waals surface area contributed by atoms with E-state index in [1.54, 1.807) is 12.2 Å². The van der Waals surface area contributed by atoms with Crippen molar-refractivity contribution in [2.24, 2.45) is 0 Å². The van der Waals surface area contributed by atoms with Crippen LogP contribution >= 0.6 is 23.2 Å². The topological polar surface area (TPSA) is 17.1 Å². The van der Waals surface area contributed by atoms with E-state index >= 15 is 0 Å². The summed E-state index contributed by atoms with van der Waals surface area (Å²) in [5.74, 6) is -0.0893. The predicted octanol–water partition coefficient (Wildman–Crippen LogP) is 7.82. The van der Waals surface area contributed by atoms with Gasteiger partial charge in [0, 0.05) is 31.9 Å². The van der Waals surface area contributed by atoms with Crippen molar-refractivity contribution in [2.75, 3.05) is 0 Å². The zero-order valence-corrected chi connectivity index (χ0v) is 16.5. The number of benzene rings is 4. The van der Waals surface area contributed by atoms with E-state index in [9.17, 15) is 4.79 Å². The van der Waals surface area contributed by atoms with Gasteiger partial charge in [0.2, 0.25) is 0 Å². The molecule has 0 spiro atoms. The van der Waals surface area contributed by atoms with E-state index < -0.39 is 0 Å². The SMILES string of the molecule is C=Cc1c(C(=O)c2ccc3c(Cl)cccc3c2C=C)ccc2c(Cl)cccc12. The second-order valence-electron chi connectivity index (χ2n) is 6.46. The van der Waals surface area contributed by atoms with Gasteiger partial charge < -0.3 is 0 Å². The van der Waals surface area contributed by atoms with Crippen LogP contribution in [0.1, 0.15) is 27.0 Å². The molecular formula is C25H16Cl2O. The van der Waals surface area contributed by atoms with Gasteiger partial charge in [-0.05, 0) is 46.2 Å². The summed E-state index contributed by atoms with van der Waals surface area (Å²) in [7, 11) is 0. The fraction of sp³-hybridized carbons (Fsp3) is 0. The van der Waals surface area contributed by atoms with Crippen LogP contribution in [0.3, 0.4) is 0 Å². The Kier molecular flexibility index (Phi) is 4.80. The third-order valence-corrected chi connectivity index (χ3v) is 5.66. The predicted molar refractivity (Wildman–Crippen MR) is 122 cm³/mol. The number of halogens is 2. The maximum absolute atomic E-state index is 13.5. The number of fused-ring (bicyclic) bond motifs is 2. The summed E-state index contributed by atoms with van der Waals surface area (Å²) in [5, 5.41) is 4.88. The summed E-state index contributed by atoms with van der Waals surface area (Å²) in [5.41, 5.74) is 2.70. The van der Waals surface area contributed by atoms with Crippen LogP contribution < -0.4 is 0 Å². The molecule has 0 saturated carbocycles. The highest BCUT2D eigenvalue weighted by Gasteiger charge is 2.19. The Labute approximate surface area is 173 Å². The van der Waals surface area contributed by atoms with Gasteiger partial charge in [-0.2, -0.15) is 0 Å². The quantitative estimate of drug-likeness (QED) is 0.318. The molecule has 0 fully saturated rings. The summed E-state index contributed by atoms with van der Waals surface area (Å²) in [4.78, 5) is 13.5. The van der Waals surface area contributed by atoms with Crippen molar-refractivity contribution in [2.45, 2.75) is 0 Å². The Hall–Kier alpha value is -2.87. The molecule has 0 aliphatic carbocycles. The zero-order chi connectivity index (χ0) is 19.8. The number of rotatable bonds is 4. The van der Waals surface area contributed by atoms with E-state index in [1.807, 2.05) is 60.7 Å². The lowest BCUT2D eigenvalue weighted by Crippen LogP contribution is -2.06. The van der Waals surface area contributed by atoms with E-state index in [0.717, 1.165) is 32.7 Å². The molecule has 0 aliphatic rings. The van der Waals surface area contributed by atoms with Gasteiger partial charge in [-0.15, -0.1) is 0 Å². The average molecular weight is 403 g/mol. The fourth-order valence-corrected chi connectivity index (χ4v) is 4.14. The molecular weight excluding hydrogens is 387 g/mol. The van der Waals surface area contributed by atoms with E-state index in [2.05, 4.69) is 13.2 Å². The molecule has 0 N–H and O–H groups in total. The molecule has 0 heterocycles. The minimum absolute atomic E-state index is 0.0893. The molecule has 0 amide bonds. The van der Waals surface area contributed by atoms with Gasteiger partial charge in [-0.3, -0.25) is 4.79 Å². The fourth-order valence-electron chi connectivity index (χ4n) is 3.67. The summed E-state index contributed by atoms with van der Waals surface area (Å²) in [6, 6.07) is 18.7. The molecule has 136 valence electrons. The van der Waals surface area contributed by atoms with Gasteiger partial charge in [0.15, 0.2) is 5.78 Å². The van der Waals surface area contributed by atoms with Crippen LogP contribution in [0.5, 0.6) is 0 Å². The van der Waals surface area contributed by atoms with E-state index in [1.165, 1.54) is 0 Å². The van der Waals surface area contributed by atoms with Gasteiger partial charge in [0.1, 0.15) is 0 Å². The molecule has 0 saturated heterocycles. The third kappa shape index (κ3) is 2.84. The molecule has 0 bridgehead atoms. The smallest absolute Gasteiger partial charge is 0.194 e. The second-order valence-corrected chi connectivity index (χ2v) is 7.28. The minimum atomic E-state index is -0.0893.